The monoisotopic (exact) mass is 761 g/mol. The van der Waals surface area contributed by atoms with E-state index in [-0.39, 0.29) is 44.0 Å². The summed E-state index contributed by atoms with van der Waals surface area (Å²) in [6.07, 6.45) is 2.10. The van der Waals surface area contributed by atoms with Crippen molar-refractivity contribution in [3.05, 3.63) is 143 Å². The summed E-state index contributed by atoms with van der Waals surface area (Å²) in [5.74, 6) is -4.43. The van der Waals surface area contributed by atoms with Gasteiger partial charge in [-0.2, -0.15) is 0 Å². The zero-order valence-corrected chi connectivity index (χ0v) is 32.2. The number of rotatable bonds is 22. The van der Waals surface area contributed by atoms with Crippen LogP contribution in [-0.4, -0.2) is 54.3 Å². The third-order valence-electron chi connectivity index (χ3n) is 9.84. The van der Waals surface area contributed by atoms with Crippen molar-refractivity contribution in [3.63, 3.8) is 0 Å². The smallest absolute Gasteiger partial charge is 0.313 e. The molecule has 4 aromatic carbocycles. The van der Waals surface area contributed by atoms with Gasteiger partial charge in [-0.3, -0.25) is 24.0 Å². The Morgan fingerprint density at radius 3 is 1.62 bits per heavy atom. The van der Waals surface area contributed by atoms with Gasteiger partial charge < -0.3 is 24.1 Å². The number of hydrogen-bond donors (Lipinski definition) is 0. The standard InChI is InChI=1S/C46H50O10/c1-4-46(45(52)53,28-13-15-30-55-43(50)32(2)34-24-26-37(27-25-34)41(48)35-17-8-5-9-18-35)56-40(47)23-12-7-14-29-54-44(51)33(3)38-21-16-22-39(31-38)42(49)36-19-10-6-11-20-36/h5-6,8-11,16-22,24-27,31-33H,4,7,12-15,23,28-30H2,1-3H3,(H,52,53)/p-1. The molecule has 3 atom stereocenters. The molecule has 0 heterocycles. The van der Waals surface area contributed by atoms with Gasteiger partial charge in [0.25, 0.3) is 0 Å². The van der Waals surface area contributed by atoms with Crippen LogP contribution in [0.1, 0.15) is 127 Å². The van der Waals surface area contributed by atoms with E-state index in [1.165, 1.54) is 0 Å². The molecule has 3 unspecified atom stereocenters. The van der Waals surface area contributed by atoms with Crippen molar-refractivity contribution in [3.8, 4) is 0 Å². The number of unbranched alkanes of at least 4 members (excludes halogenated alkanes) is 3. The van der Waals surface area contributed by atoms with Crippen LogP contribution in [-0.2, 0) is 33.4 Å². The molecule has 0 aliphatic heterocycles. The van der Waals surface area contributed by atoms with Gasteiger partial charge in [0.1, 0.15) is 0 Å². The van der Waals surface area contributed by atoms with Crippen LogP contribution in [0.5, 0.6) is 0 Å². The first-order valence-electron chi connectivity index (χ1n) is 19.1. The Labute approximate surface area is 328 Å². The summed E-state index contributed by atoms with van der Waals surface area (Å²) in [5.41, 5.74) is 1.69. The summed E-state index contributed by atoms with van der Waals surface area (Å²) in [7, 11) is 0. The van der Waals surface area contributed by atoms with E-state index in [4.69, 9.17) is 14.2 Å². The van der Waals surface area contributed by atoms with Crippen molar-refractivity contribution in [2.75, 3.05) is 13.2 Å². The maximum Gasteiger partial charge on any atom is 0.313 e. The molecule has 10 nitrogen and oxygen atoms in total. The Morgan fingerprint density at radius 2 is 1.07 bits per heavy atom. The van der Waals surface area contributed by atoms with Crippen molar-refractivity contribution in [2.24, 2.45) is 0 Å². The highest BCUT2D eigenvalue weighted by atomic mass is 16.6. The van der Waals surface area contributed by atoms with Gasteiger partial charge in [0.05, 0.1) is 31.0 Å². The SMILES string of the molecule is CCC(CCCCOC(=O)C(C)c1ccc(C(=O)c2ccccc2)cc1)(OC(=O)CCCCCOC(=O)C(C)c1cccc(C(=O)c2ccccc2)c1)C(=O)[O-]. The fourth-order valence-electron chi connectivity index (χ4n) is 6.17. The Kier molecular flexibility index (Phi) is 16.3. The lowest BCUT2D eigenvalue weighted by atomic mass is 9.93. The van der Waals surface area contributed by atoms with Crippen molar-refractivity contribution < 1.29 is 48.1 Å². The molecule has 10 heteroatoms. The second-order valence-corrected chi connectivity index (χ2v) is 13.8. The molecule has 0 aromatic heterocycles. The van der Waals surface area contributed by atoms with Crippen molar-refractivity contribution in [1.82, 2.24) is 0 Å². The minimum atomic E-state index is -1.80. The second-order valence-electron chi connectivity index (χ2n) is 13.8. The maximum atomic E-state index is 12.8. The molecule has 294 valence electrons. The normalized spacial score (nSPS) is 13.1. The highest BCUT2D eigenvalue weighted by Gasteiger charge is 2.34. The summed E-state index contributed by atoms with van der Waals surface area (Å²) in [6.45, 7) is 5.23. The number of aliphatic carboxylic acids is 1. The van der Waals surface area contributed by atoms with E-state index < -0.39 is 41.3 Å². The lowest BCUT2D eigenvalue weighted by Gasteiger charge is -2.33. The van der Waals surface area contributed by atoms with Crippen LogP contribution < -0.4 is 5.11 Å². The van der Waals surface area contributed by atoms with E-state index in [0.717, 1.165) is 0 Å². The number of benzene rings is 4. The average Bonchev–Trinajstić information content (AvgIpc) is 3.23. The van der Waals surface area contributed by atoms with E-state index in [0.29, 0.717) is 65.5 Å². The highest BCUT2D eigenvalue weighted by Crippen LogP contribution is 2.26. The predicted octanol–water partition coefficient (Wildman–Crippen LogP) is 7.31. The van der Waals surface area contributed by atoms with Gasteiger partial charge in [-0.25, -0.2) is 0 Å². The van der Waals surface area contributed by atoms with Gasteiger partial charge in [0.2, 0.25) is 0 Å². The summed E-state index contributed by atoms with van der Waals surface area (Å²) in [4.78, 5) is 75.8. The Balaban J connectivity index is 1.13. The molecule has 4 rings (SSSR count). The fourth-order valence-corrected chi connectivity index (χ4v) is 6.17. The van der Waals surface area contributed by atoms with E-state index in [1.807, 2.05) is 12.1 Å². The largest absolute Gasteiger partial charge is 0.546 e. The quantitative estimate of drug-likeness (QED) is 0.0345. The highest BCUT2D eigenvalue weighted by molar-refractivity contribution is 6.09. The lowest BCUT2D eigenvalue weighted by molar-refractivity contribution is -0.326. The van der Waals surface area contributed by atoms with Crippen LogP contribution in [0.3, 0.4) is 0 Å². The zero-order chi connectivity index (χ0) is 40.5. The summed E-state index contributed by atoms with van der Waals surface area (Å²) in [6, 6.07) is 31.6. The number of ether oxygens (including phenoxy) is 3. The molecule has 0 aliphatic carbocycles. The molecule has 0 bridgehead atoms. The number of carbonyl (C=O) groups is 6. The zero-order valence-electron chi connectivity index (χ0n) is 32.2. The van der Waals surface area contributed by atoms with E-state index in [1.54, 1.807) is 118 Å². The fraction of sp³-hybridized carbons (Fsp3) is 0.348. The van der Waals surface area contributed by atoms with Crippen LogP contribution in [0.2, 0.25) is 0 Å². The molecule has 0 fully saturated rings. The van der Waals surface area contributed by atoms with Crippen LogP contribution in [0, 0.1) is 0 Å². The summed E-state index contributed by atoms with van der Waals surface area (Å²) >= 11 is 0. The van der Waals surface area contributed by atoms with Crippen LogP contribution >= 0.6 is 0 Å². The molecular weight excluding hydrogens is 712 g/mol. The third-order valence-corrected chi connectivity index (χ3v) is 9.84. The van der Waals surface area contributed by atoms with E-state index in [9.17, 15) is 33.9 Å². The number of carboxylic acids is 1. The van der Waals surface area contributed by atoms with Crippen LogP contribution in [0.25, 0.3) is 0 Å². The molecule has 0 N–H and O–H groups in total. The second kappa shape index (κ2) is 21.3. The first-order chi connectivity index (χ1) is 27.0. The van der Waals surface area contributed by atoms with Crippen molar-refractivity contribution in [2.45, 2.75) is 89.6 Å². The average molecular weight is 762 g/mol. The molecule has 0 radical (unpaired) electrons. The van der Waals surface area contributed by atoms with Gasteiger partial charge in [-0.15, -0.1) is 0 Å². The number of ketones is 2. The molecule has 0 saturated heterocycles. The molecule has 0 amide bonds. The van der Waals surface area contributed by atoms with Gasteiger partial charge in [-0.1, -0.05) is 110 Å². The molecule has 56 heavy (non-hydrogen) atoms. The van der Waals surface area contributed by atoms with Gasteiger partial charge in [-0.05, 0) is 76.0 Å². The number of hydrogen-bond acceptors (Lipinski definition) is 10. The van der Waals surface area contributed by atoms with Gasteiger partial charge >= 0.3 is 17.9 Å². The van der Waals surface area contributed by atoms with E-state index in [2.05, 4.69) is 0 Å². The maximum absolute atomic E-state index is 12.8. The minimum absolute atomic E-state index is 0.000951. The molecule has 0 spiro atoms. The first-order valence-corrected chi connectivity index (χ1v) is 19.1. The van der Waals surface area contributed by atoms with Gasteiger partial charge in [0, 0.05) is 28.7 Å². The minimum Gasteiger partial charge on any atom is -0.546 e. The number of esters is 3. The number of carbonyl (C=O) groups excluding carboxylic acids is 6. The van der Waals surface area contributed by atoms with Crippen molar-refractivity contribution >= 4 is 35.4 Å². The molecule has 0 saturated carbocycles. The Hall–Kier alpha value is -5.90. The molecule has 0 aliphatic rings. The Morgan fingerprint density at radius 1 is 0.571 bits per heavy atom. The first kappa shape index (κ1) is 42.8. The summed E-state index contributed by atoms with van der Waals surface area (Å²) in [5, 5.41) is 12.1. The predicted molar refractivity (Wildman–Crippen MR) is 208 cm³/mol. The topological polar surface area (TPSA) is 153 Å². The van der Waals surface area contributed by atoms with Crippen LogP contribution in [0.4, 0.5) is 0 Å². The lowest BCUT2D eigenvalue weighted by Crippen LogP contribution is -2.51. The molecular formula is C46H49O10-. The Bertz CT molecular complexity index is 1940. The molecule has 4 aromatic rings. The third kappa shape index (κ3) is 12.1. The van der Waals surface area contributed by atoms with Crippen molar-refractivity contribution in [1.29, 1.82) is 0 Å². The van der Waals surface area contributed by atoms with Crippen LogP contribution in [0.15, 0.2) is 109 Å². The number of carboxylic acid groups (broad SMARTS) is 1. The van der Waals surface area contributed by atoms with E-state index >= 15 is 0 Å². The van der Waals surface area contributed by atoms with Gasteiger partial charge in [0.15, 0.2) is 17.2 Å². The summed E-state index contributed by atoms with van der Waals surface area (Å²) < 4.78 is 16.4.